The van der Waals surface area contributed by atoms with Crippen LogP contribution < -0.4 is 14.9 Å². The third-order valence-electron chi connectivity index (χ3n) is 5.17. The van der Waals surface area contributed by atoms with E-state index in [-0.39, 0.29) is 16.7 Å². The molecule has 30 heavy (non-hydrogen) atoms. The van der Waals surface area contributed by atoms with Gasteiger partial charge >= 0.3 is 0 Å². The molecule has 2 aromatic carbocycles. The molecule has 1 aliphatic rings. The van der Waals surface area contributed by atoms with Crippen LogP contribution in [0.3, 0.4) is 0 Å². The normalized spacial score (nSPS) is 15.4. The smallest absolute Gasteiger partial charge is 0.240 e. The molecule has 0 unspecified atom stereocenters. The fourth-order valence-electron chi connectivity index (χ4n) is 3.29. The van der Waals surface area contributed by atoms with E-state index >= 15 is 0 Å². The largest absolute Gasteiger partial charge is 0.369 e. The maximum absolute atomic E-state index is 12.5. The van der Waals surface area contributed by atoms with Crippen LogP contribution in [0.25, 0.3) is 0 Å². The van der Waals surface area contributed by atoms with E-state index in [4.69, 9.17) is 0 Å². The van der Waals surface area contributed by atoms with Crippen molar-refractivity contribution in [3.8, 4) is 0 Å². The molecule has 1 saturated heterocycles. The standard InChI is InChI=1S/C22H30N4O3S/c1-18(2)22(27)24-19-8-10-21(11-9-19)30(28,29)23-12-13-25-14-16-26(17-15-25)20-6-4-3-5-7-20/h3-11,18,23H,12-17H2,1-2H3,(H,24,27). The summed E-state index contributed by atoms with van der Waals surface area (Å²) >= 11 is 0. The molecule has 2 aromatic rings. The number of nitrogens with one attached hydrogen (secondary N) is 2. The molecule has 0 atom stereocenters. The third-order valence-corrected chi connectivity index (χ3v) is 6.65. The Morgan fingerprint density at radius 2 is 1.60 bits per heavy atom. The minimum Gasteiger partial charge on any atom is -0.369 e. The first-order valence-corrected chi connectivity index (χ1v) is 11.8. The summed E-state index contributed by atoms with van der Waals surface area (Å²) < 4.78 is 27.7. The summed E-state index contributed by atoms with van der Waals surface area (Å²) in [5.41, 5.74) is 1.81. The summed E-state index contributed by atoms with van der Waals surface area (Å²) in [6.45, 7) is 8.31. The van der Waals surface area contributed by atoms with Crippen LogP contribution in [0.15, 0.2) is 59.5 Å². The molecular weight excluding hydrogens is 400 g/mol. The van der Waals surface area contributed by atoms with Gasteiger partial charge in [-0.25, -0.2) is 13.1 Å². The molecule has 2 N–H and O–H groups in total. The number of amides is 1. The highest BCUT2D eigenvalue weighted by atomic mass is 32.2. The highest BCUT2D eigenvalue weighted by molar-refractivity contribution is 7.89. The molecule has 0 spiro atoms. The van der Waals surface area contributed by atoms with Crippen LogP contribution in [0.5, 0.6) is 0 Å². The highest BCUT2D eigenvalue weighted by Gasteiger charge is 2.18. The van der Waals surface area contributed by atoms with Gasteiger partial charge in [0.15, 0.2) is 0 Å². The molecule has 0 aliphatic carbocycles. The van der Waals surface area contributed by atoms with E-state index in [1.165, 1.54) is 17.8 Å². The number of benzene rings is 2. The zero-order valence-electron chi connectivity index (χ0n) is 17.5. The van der Waals surface area contributed by atoms with Crippen molar-refractivity contribution in [2.45, 2.75) is 18.7 Å². The van der Waals surface area contributed by atoms with Crippen LogP contribution in [0.1, 0.15) is 13.8 Å². The molecule has 8 heteroatoms. The number of piperazine rings is 1. The van der Waals surface area contributed by atoms with Crippen molar-refractivity contribution in [3.05, 3.63) is 54.6 Å². The van der Waals surface area contributed by atoms with Gasteiger partial charge in [-0.15, -0.1) is 0 Å². The predicted molar refractivity (Wildman–Crippen MR) is 120 cm³/mol. The zero-order valence-corrected chi connectivity index (χ0v) is 18.4. The lowest BCUT2D eigenvalue weighted by Gasteiger charge is -2.36. The lowest BCUT2D eigenvalue weighted by atomic mass is 10.2. The maximum atomic E-state index is 12.5. The summed E-state index contributed by atoms with van der Waals surface area (Å²) in [5.74, 6) is -0.235. The maximum Gasteiger partial charge on any atom is 0.240 e. The number of anilines is 2. The van der Waals surface area contributed by atoms with E-state index in [1.807, 2.05) is 18.2 Å². The first kappa shape index (κ1) is 22.3. The second-order valence-electron chi connectivity index (χ2n) is 7.73. The highest BCUT2D eigenvalue weighted by Crippen LogP contribution is 2.16. The van der Waals surface area contributed by atoms with E-state index < -0.39 is 10.0 Å². The van der Waals surface area contributed by atoms with Crippen LogP contribution in [0, 0.1) is 5.92 Å². The first-order valence-electron chi connectivity index (χ1n) is 10.3. The van der Waals surface area contributed by atoms with Crippen LogP contribution >= 0.6 is 0 Å². The fourth-order valence-corrected chi connectivity index (χ4v) is 4.32. The Labute approximate surface area is 179 Å². The van der Waals surface area contributed by atoms with Gasteiger partial charge in [-0.2, -0.15) is 0 Å². The van der Waals surface area contributed by atoms with Crippen molar-refractivity contribution in [3.63, 3.8) is 0 Å². The number of nitrogens with zero attached hydrogens (tertiary/aromatic N) is 2. The van der Waals surface area contributed by atoms with Crippen LogP contribution in [-0.2, 0) is 14.8 Å². The molecule has 0 aromatic heterocycles. The molecule has 1 amide bonds. The molecular formula is C22H30N4O3S. The number of sulfonamides is 1. The number of carbonyl (C=O) groups is 1. The monoisotopic (exact) mass is 430 g/mol. The third kappa shape index (κ3) is 6.04. The molecule has 1 aliphatic heterocycles. The van der Waals surface area contributed by atoms with E-state index in [0.29, 0.717) is 18.8 Å². The van der Waals surface area contributed by atoms with Crippen molar-refractivity contribution in [2.24, 2.45) is 5.92 Å². The van der Waals surface area contributed by atoms with Crippen molar-refractivity contribution in [1.29, 1.82) is 0 Å². The summed E-state index contributed by atoms with van der Waals surface area (Å²) in [6.07, 6.45) is 0. The second-order valence-corrected chi connectivity index (χ2v) is 9.50. The Hall–Kier alpha value is -2.42. The molecule has 7 nitrogen and oxygen atoms in total. The summed E-state index contributed by atoms with van der Waals surface area (Å²) in [7, 11) is -3.58. The van der Waals surface area contributed by atoms with Crippen molar-refractivity contribution < 1.29 is 13.2 Å². The second kappa shape index (κ2) is 10.1. The molecule has 0 saturated carbocycles. The molecule has 1 heterocycles. The fraction of sp³-hybridized carbons (Fsp3) is 0.409. The SMILES string of the molecule is CC(C)C(=O)Nc1ccc(S(=O)(=O)NCCN2CCN(c3ccccc3)CC2)cc1. The Morgan fingerprint density at radius 3 is 2.20 bits per heavy atom. The number of hydrogen-bond acceptors (Lipinski definition) is 5. The van der Waals surface area contributed by atoms with E-state index in [1.54, 1.807) is 26.0 Å². The molecule has 1 fully saturated rings. The number of carbonyl (C=O) groups excluding carboxylic acids is 1. The Bertz CT molecular complexity index is 923. The summed E-state index contributed by atoms with van der Waals surface area (Å²) in [4.78, 5) is 16.5. The minimum atomic E-state index is -3.58. The average Bonchev–Trinajstić information content (AvgIpc) is 2.75. The first-order chi connectivity index (χ1) is 14.3. The minimum absolute atomic E-state index is 0.101. The Morgan fingerprint density at radius 1 is 0.967 bits per heavy atom. The average molecular weight is 431 g/mol. The molecule has 0 radical (unpaired) electrons. The van der Waals surface area contributed by atoms with Gasteiger partial charge in [0, 0.05) is 56.6 Å². The molecule has 3 rings (SSSR count). The number of para-hydroxylation sites is 1. The number of rotatable bonds is 8. The van der Waals surface area contributed by atoms with Gasteiger partial charge < -0.3 is 10.2 Å². The van der Waals surface area contributed by atoms with Gasteiger partial charge in [0.25, 0.3) is 0 Å². The van der Waals surface area contributed by atoms with E-state index in [0.717, 1.165) is 26.2 Å². The van der Waals surface area contributed by atoms with Gasteiger partial charge in [0.05, 0.1) is 4.90 Å². The van der Waals surface area contributed by atoms with Crippen LogP contribution in [0.4, 0.5) is 11.4 Å². The zero-order chi connectivity index (χ0) is 21.6. The van der Waals surface area contributed by atoms with Gasteiger partial charge in [-0.1, -0.05) is 32.0 Å². The molecule has 0 bridgehead atoms. The summed E-state index contributed by atoms with van der Waals surface area (Å²) in [6, 6.07) is 16.6. The Balaban J connectivity index is 1.45. The van der Waals surface area contributed by atoms with Crippen molar-refractivity contribution in [2.75, 3.05) is 49.5 Å². The van der Waals surface area contributed by atoms with E-state index in [9.17, 15) is 13.2 Å². The van der Waals surface area contributed by atoms with Gasteiger partial charge in [0.1, 0.15) is 0 Å². The Kier molecular flexibility index (Phi) is 7.47. The van der Waals surface area contributed by atoms with Crippen LogP contribution in [-0.4, -0.2) is 58.5 Å². The van der Waals surface area contributed by atoms with Gasteiger partial charge in [-0.3, -0.25) is 9.69 Å². The lowest BCUT2D eigenvalue weighted by molar-refractivity contribution is -0.118. The predicted octanol–water partition coefficient (Wildman–Crippen LogP) is 2.38. The summed E-state index contributed by atoms with van der Waals surface area (Å²) in [5, 5.41) is 2.76. The molecule has 162 valence electrons. The van der Waals surface area contributed by atoms with Crippen molar-refractivity contribution >= 4 is 27.3 Å². The quantitative estimate of drug-likeness (QED) is 0.672. The van der Waals surface area contributed by atoms with Crippen molar-refractivity contribution in [1.82, 2.24) is 9.62 Å². The van der Waals surface area contributed by atoms with E-state index in [2.05, 4.69) is 32.0 Å². The number of hydrogen-bond donors (Lipinski definition) is 2. The van der Waals surface area contributed by atoms with Gasteiger partial charge in [0.2, 0.25) is 15.9 Å². The topological polar surface area (TPSA) is 81.7 Å². The van der Waals surface area contributed by atoms with Crippen LogP contribution in [0.2, 0.25) is 0 Å². The van der Waals surface area contributed by atoms with Gasteiger partial charge in [-0.05, 0) is 36.4 Å². The lowest BCUT2D eigenvalue weighted by Crippen LogP contribution is -2.48.